The highest BCUT2D eigenvalue weighted by Crippen LogP contribution is 2.21. The molecule has 2 aromatic heterocycles. The van der Waals surface area contributed by atoms with Gasteiger partial charge in [0.05, 0.1) is 5.69 Å². The van der Waals surface area contributed by atoms with Gasteiger partial charge in [0, 0.05) is 35.5 Å². The van der Waals surface area contributed by atoms with Crippen LogP contribution < -0.4 is 15.8 Å². The molecule has 0 saturated carbocycles. The number of nitrogens with zero attached hydrogens (tertiary/aromatic N) is 5. The Morgan fingerprint density at radius 2 is 1.80 bits per heavy atom. The number of fused-ring (bicyclic) bond motifs is 1. The average molecular weight is 467 g/mol. The van der Waals surface area contributed by atoms with E-state index in [1.165, 1.54) is 10.8 Å². The van der Waals surface area contributed by atoms with Crippen LogP contribution in [-0.2, 0) is 11.3 Å². The molecule has 4 aromatic rings. The van der Waals surface area contributed by atoms with Crippen LogP contribution in [0.4, 0.5) is 11.4 Å². The van der Waals surface area contributed by atoms with Gasteiger partial charge in [0.1, 0.15) is 18.4 Å². The van der Waals surface area contributed by atoms with E-state index in [1.807, 2.05) is 67.5 Å². The second kappa shape index (κ2) is 8.11. The molecule has 2 aromatic carbocycles. The second-order valence-corrected chi connectivity index (χ2v) is 7.87. The lowest BCUT2D eigenvalue weighted by molar-refractivity contribution is -0.117. The molecule has 152 valence electrons. The van der Waals surface area contributed by atoms with E-state index >= 15 is 0 Å². The average Bonchev–Trinajstić information content (AvgIpc) is 3.16. The van der Waals surface area contributed by atoms with Crippen LogP contribution in [0.3, 0.4) is 0 Å². The third-order valence-electron chi connectivity index (χ3n) is 4.59. The first-order valence-electron chi connectivity index (χ1n) is 9.19. The van der Waals surface area contributed by atoms with Crippen LogP contribution >= 0.6 is 15.9 Å². The van der Waals surface area contributed by atoms with Crippen LogP contribution in [0.15, 0.2) is 70.2 Å². The van der Waals surface area contributed by atoms with Crippen molar-refractivity contribution < 1.29 is 4.79 Å². The highest BCUT2D eigenvalue weighted by Gasteiger charge is 2.12. The van der Waals surface area contributed by atoms with Crippen molar-refractivity contribution in [2.45, 2.75) is 6.54 Å². The number of halogens is 1. The van der Waals surface area contributed by atoms with E-state index in [-0.39, 0.29) is 18.0 Å². The Balaban J connectivity index is 1.54. The van der Waals surface area contributed by atoms with Crippen LogP contribution in [-0.4, -0.2) is 39.4 Å². The highest BCUT2D eigenvalue weighted by molar-refractivity contribution is 9.10. The van der Waals surface area contributed by atoms with Gasteiger partial charge in [-0.05, 0) is 42.5 Å². The number of anilines is 2. The van der Waals surface area contributed by atoms with E-state index in [4.69, 9.17) is 0 Å². The monoisotopic (exact) mass is 466 g/mol. The van der Waals surface area contributed by atoms with E-state index in [0.717, 1.165) is 20.4 Å². The lowest BCUT2D eigenvalue weighted by atomic mass is 10.1. The zero-order chi connectivity index (χ0) is 21.3. The number of aromatic nitrogens is 4. The van der Waals surface area contributed by atoms with Gasteiger partial charge in [-0.2, -0.15) is 10.2 Å². The maximum atomic E-state index is 12.8. The molecule has 0 aliphatic rings. The van der Waals surface area contributed by atoms with Crippen molar-refractivity contribution in [3.05, 3.63) is 75.8 Å². The normalized spacial score (nSPS) is 10.9. The summed E-state index contributed by atoms with van der Waals surface area (Å²) in [7, 11) is 3.89. The van der Waals surface area contributed by atoms with Gasteiger partial charge in [-0.15, -0.1) is 0 Å². The SMILES string of the molecule is CN(C)c1ccc(NC(=O)Cn2ncn3nc(-c4ccc(Br)cc4)cc3c2=O)cc1. The Labute approximate surface area is 180 Å². The largest absolute Gasteiger partial charge is 0.378 e. The number of hydrogen-bond acceptors (Lipinski definition) is 5. The van der Waals surface area contributed by atoms with E-state index in [2.05, 4.69) is 31.4 Å². The van der Waals surface area contributed by atoms with E-state index in [9.17, 15) is 9.59 Å². The summed E-state index contributed by atoms with van der Waals surface area (Å²) >= 11 is 3.40. The first kappa shape index (κ1) is 19.8. The van der Waals surface area contributed by atoms with Gasteiger partial charge in [-0.3, -0.25) is 9.59 Å². The van der Waals surface area contributed by atoms with E-state index in [1.54, 1.807) is 6.07 Å². The molecule has 0 aliphatic heterocycles. The zero-order valence-corrected chi connectivity index (χ0v) is 18.0. The molecule has 0 radical (unpaired) electrons. The lowest BCUT2D eigenvalue weighted by Gasteiger charge is -2.13. The molecule has 9 heteroatoms. The number of nitrogens with one attached hydrogen (secondary N) is 1. The Morgan fingerprint density at radius 1 is 1.10 bits per heavy atom. The van der Waals surface area contributed by atoms with Gasteiger partial charge >= 0.3 is 0 Å². The summed E-state index contributed by atoms with van der Waals surface area (Å²) in [5.41, 5.74) is 3.19. The smallest absolute Gasteiger partial charge is 0.293 e. The molecule has 0 saturated heterocycles. The minimum atomic E-state index is -0.383. The number of hydrogen-bond donors (Lipinski definition) is 1. The Bertz CT molecular complexity index is 1260. The van der Waals surface area contributed by atoms with E-state index in [0.29, 0.717) is 16.9 Å². The fourth-order valence-electron chi connectivity index (χ4n) is 2.99. The minimum absolute atomic E-state index is 0.191. The molecule has 1 N–H and O–H groups in total. The van der Waals surface area contributed by atoms with Crippen molar-refractivity contribution in [3.8, 4) is 11.3 Å². The molecule has 0 spiro atoms. The molecule has 8 nitrogen and oxygen atoms in total. The molecular formula is C21H19BrN6O2. The van der Waals surface area contributed by atoms with Crippen molar-refractivity contribution in [3.63, 3.8) is 0 Å². The van der Waals surface area contributed by atoms with Gasteiger partial charge in [0.15, 0.2) is 0 Å². The van der Waals surface area contributed by atoms with Crippen LogP contribution in [0.5, 0.6) is 0 Å². The molecule has 1 amide bonds. The Hall–Kier alpha value is -3.46. The van der Waals surface area contributed by atoms with Crippen molar-refractivity contribution in [1.29, 1.82) is 0 Å². The molecule has 0 unspecified atom stereocenters. The molecule has 0 bridgehead atoms. The molecule has 4 rings (SSSR count). The summed E-state index contributed by atoms with van der Waals surface area (Å²) < 4.78 is 3.52. The maximum Gasteiger partial charge on any atom is 0.293 e. The fraction of sp³-hybridized carbons (Fsp3) is 0.143. The molecule has 0 aliphatic carbocycles. The van der Waals surface area contributed by atoms with Gasteiger partial charge in [-0.25, -0.2) is 9.20 Å². The van der Waals surface area contributed by atoms with Gasteiger partial charge in [0.25, 0.3) is 5.56 Å². The van der Waals surface area contributed by atoms with Gasteiger partial charge < -0.3 is 10.2 Å². The number of rotatable bonds is 5. The Kier molecular flexibility index (Phi) is 5.37. The number of carbonyl (C=O) groups excluding carboxylic acids is 1. The standard InChI is InChI=1S/C21H19BrN6O2/c1-26(2)17-9-7-16(8-10-17)24-20(29)12-27-21(30)19-11-18(25-28(19)13-23-27)14-3-5-15(22)6-4-14/h3-11,13H,12H2,1-2H3,(H,24,29). The first-order chi connectivity index (χ1) is 14.4. The van der Waals surface area contributed by atoms with Crippen LogP contribution in [0, 0.1) is 0 Å². The van der Waals surface area contributed by atoms with Crippen molar-refractivity contribution in [1.82, 2.24) is 19.4 Å². The Morgan fingerprint density at radius 3 is 2.47 bits per heavy atom. The van der Waals surface area contributed by atoms with Crippen LogP contribution in [0.2, 0.25) is 0 Å². The molecule has 0 fully saturated rings. The third-order valence-corrected chi connectivity index (χ3v) is 5.12. The second-order valence-electron chi connectivity index (χ2n) is 6.95. The molecule has 30 heavy (non-hydrogen) atoms. The number of benzene rings is 2. The third kappa shape index (κ3) is 4.11. The highest BCUT2D eigenvalue weighted by atomic mass is 79.9. The first-order valence-corrected chi connectivity index (χ1v) is 9.99. The molecular weight excluding hydrogens is 448 g/mol. The summed E-state index contributed by atoms with van der Waals surface area (Å²) in [6.07, 6.45) is 1.43. The molecule has 2 heterocycles. The van der Waals surface area contributed by atoms with Gasteiger partial charge in [0.2, 0.25) is 5.91 Å². The minimum Gasteiger partial charge on any atom is -0.378 e. The van der Waals surface area contributed by atoms with Crippen LogP contribution in [0.25, 0.3) is 16.8 Å². The fourth-order valence-corrected chi connectivity index (χ4v) is 3.26. The van der Waals surface area contributed by atoms with Crippen LogP contribution in [0.1, 0.15) is 0 Å². The zero-order valence-electron chi connectivity index (χ0n) is 16.4. The topological polar surface area (TPSA) is 84.5 Å². The predicted octanol–water partition coefficient (Wildman–Crippen LogP) is 3.03. The summed E-state index contributed by atoms with van der Waals surface area (Å²) in [6, 6.07) is 16.8. The van der Waals surface area contributed by atoms with Crippen molar-refractivity contribution in [2.24, 2.45) is 0 Å². The van der Waals surface area contributed by atoms with Crippen molar-refractivity contribution in [2.75, 3.05) is 24.3 Å². The van der Waals surface area contributed by atoms with Crippen molar-refractivity contribution >= 4 is 38.7 Å². The quantitative estimate of drug-likeness (QED) is 0.488. The summed E-state index contributed by atoms with van der Waals surface area (Å²) in [4.78, 5) is 27.2. The summed E-state index contributed by atoms with van der Waals surface area (Å²) in [6.45, 7) is -0.191. The summed E-state index contributed by atoms with van der Waals surface area (Å²) in [5, 5.41) is 11.3. The lowest BCUT2D eigenvalue weighted by Crippen LogP contribution is -2.30. The van der Waals surface area contributed by atoms with Gasteiger partial charge in [-0.1, -0.05) is 28.1 Å². The number of carbonyl (C=O) groups is 1. The van der Waals surface area contributed by atoms with E-state index < -0.39 is 0 Å². The predicted molar refractivity (Wildman–Crippen MR) is 120 cm³/mol. The maximum absolute atomic E-state index is 12.8. The molecule has 0 atom stereocenters. The summed E-state index contributed by atoms with van der Waals surface area (Å²) in [5.74, 6) is -0.334. The number of amides is 1.